The number of pyridine rings is 1. The van der Waals surface area contributed by atoms with Crippen molar-refractivity contribution < 1.29 is 13.6 Å². The molecule has 1 amide bonds. The molecule has 0 spiro atoms. The van der Waals surface area contributed by atoms with Crippen LogP contribution in [0.5, 0.6) is 0 Å². The molecule has 2 aromatic carbocycles. The topological polar surface area (TPSA) is 51.0 Å². The molecule has 0 aliphatic rings. The smallest absolute Gasteiger partial charge is 0.262 e. The monoisotopic (exact) mass is 404 g/mol. The van der Waals surface area contributed by atoms with Crippen LogP contribution in [0.2, 0.25) is 0 Å². The zero-order chi connectivity index (χ0) is 21.1. The average Bonchev–Trinajstić information content (AvgIpc) is 3.14. The molecule has 0 saturated heterocycles. The third-order valence-electron chi connectivity index (χ3n) is 4.75. The minimum absolute atomic E-state index is 0.190. The lowest BCUT2D eigenvalue weighted by Crippen LogP contribution is -2.31. The van der Waals surface area contributed by atoms with Gasteiger partial charge in [0, 0.05) is 11.9 Å². The molecule has 30 heavy (non-hydrogen) atoms. The van der Waals surface area contributed by atoms with Crippen molar-refractivity contribution >= 4 is 11.6 Å². The fourth-order valence-corrected chi connectivity index (χ4v) is 3.19. The summed E-state index contributed by atoms with van der Waals surface area (Å²) in [7, 11) is 0. The maximum atomic E-state index is 14.2. The van der Waals surface area contributed by atoms with Gasteiger partial charge in [-0.25, -0.2) is 13.5 Å². The van der Waals surface area contributed by atoms with Gasteiger partial charge in [0.1, 0.15) is 17.3 Å². The van der Waals surface area contributed by atoms with Gasteiger partial charge in [0.25, 0.3) is 5.91 Å². The van der Waals surface area contributed by atoms with Gasteiger partial charge >= 0.3 is 0 Å². The number of hydrogen-bond donors (Lipinski definition) is 0. The van der Waals surface area contributed by atoms with Crippen molar-refractivity contribution in [1.82, 2.24) is 14.8 Å². The molecule has 150 valence electrons. The lowest BCUT2D eigenvalue weighted by atomic mass is 10.2. The van der Waals surface area contributed by atoms with Gasteiger partial charge in [-0.1, -0.05) is 18.2 Å². The molecule has 2 heterocycles. The lowest BCUT2D eigenvalue weighted by molar-refractivity contribution is 0.0984. The van der Waals surface area contributed by atoms with Crippen LogP contribution in [-0.2, 0) is 6.54 Å². The fraction of sp³-hybridized carbons (Fsp3) is 0.0870. The van der Waals surface area contributed by atoms with Crippen LogP contribution >= 0.6 is 0 Å². The van der Waals surface area contributed by atoms with E-state index in [0.29, 0.717) is 22.6 Å². The van der Waals surface area contributed by atoms with E-state index >= 15 is 0 Å². The third kappa shape index (κ3) is 3.82. The van der Waals surface area contributed by atoms with E-state index in [1.807, 2.05) is 6.07 Å². The largest absolute Gasteiger partial charge is 0.302 e. The molecule has 0 fully saturated rings. The predicted molar refractivity (Wildman–Crippen MR) is 109 cm³/mol. The van der Waals surface area contributed by atoms with Gasteiger partial charge in [0.05, 0.1) is 29.7 Å². The van der Waals surface area contributed by atoms with E-state index in [9.17, 15) is 13.6 Å². The van der Waals surface area contributed by atoms with Gasteiger partial charge < -0.3 is 4.90 Å². The Morgan fingerprint density at radius 2 is 1.73 bits per heavy atom. The number of anilines is 1. The van der Waals surface area contributed by atoms with Crippen molar-refractivity contribution in [3.8, 4) is 5.69 Å². The van der Waals surface area contributed by atoms with E-state index in [-0.39, 0.29) is 18.1 Å². The molecular formula is C23H18F2N4O. The van der Waals surface area contributed by atoms with E-state index in [0.717, 1.165) is 0 Å². The summed E-state index contributed by atoms with van der Waals surface area (Å²) in [5.41, 5.74) is 2.27. The normalized spacial score (nSPS) is 10.8. The van der Waals surface area contributed by atoms with Crippen LogP contribution in [0, 0.1) is 18.6 Å². The number of carbonyl (C=O) groups excluding carboxylic acids is 1. The van der Waals surface area contributed by atoms with Crippen LogP contribution in [0.4, 0.5) is 14.5 Å². The average molecular weight is 404 g/mol. The van der Waals surface area contributed by atoms with Crippen molar-refractivity contribution in [2.75, 3.05) is 4.90 Å². The van der Waals surface area contributed by atoms with E-state index < -0.39 is 11.6 Å². The molecule has 0 atom stereocenters. The molecule has 0 saturated carbocycles. The Labute approximate surface area is 172 Å². The molecule has 5 nitrogen and oxygen atoms in total. The summed E-state index contributed by atoms with van der Waals surface area (Å²) in [6, 6.07) is 17.3. The first-order valence-electron chi connectivity index (χ1n) is 9.31. The molecule has 0 radical (unpaired) electrons. The second-order valence-corrected chi connectivity index (χ2v) is 6.70. The zero-order valence-electron chi connectivity index (χ0n) is 16.2. The molecule has 4 rings (SSSR count). The van der Waals surface area contributed by atoms with Crippen molar-refractivity contribution in [3.63, 3.8) is 0 Å². The summed E-state index contributed by atoms with van der Waals surface area (Å²) in [5.74, 6) is -1.17. The highest BCUT2D eigenvalue weighted by molar-refractivity contribution is 6.06. The Kier molecular flexibility index (Phi) is 5.34. The van der Waals surface area contributed by atoms with E-state index in [2.05, 4.69) is 10.1 Å². The molecule has 0 bridgehead atoms. The highest BCUT2D eigenvalue weighted by Crippen LogP contribution is 2.23. The predicted octanol–water partition coefficient (Wildman–Crippen LogP) is 4.70. The van der Waals surface area contributed by atoms with Crippen molar-refractivity contribution in [3.05, 3.63) is 108 Å². The summed E-state index contributed by atoms with van der Waals surface area (Å²) in [5, 5.41) is 4.22. The van der Waals surface area contributed by atoms with Gasteiger partial charge in [-0.05, 0) is 55.5 Å². The SMILES string of the molecule is Cc1c(C(=O)N(Cc2ccccn2)c2ccc(F)cc2)cnn1-c1ccccc1F. The minimum Gasteiger partial charge on any atom is -0.302 e. The first-order chi connectivity index (χ1) is 14.5. The second-order valence-electron chi connectivity index (χ2n) is 6.70. The number of hydrogen-bond acceptors (Lipinski definition) is 3. The summed E-state index contributed by atoms with van der Waals surface area (Å²) >= 11 is 0. The molecule has 7 heteroatoms. The summed E-state index contributed by atoms with van der Waals surface area (Å²) in [4.78, 5) is 19.2. The Balaban J connectivity index is 1.73. The van der Waals surface area contributed by atoms with E-state index in [4.69, 9.17) is 0 Å². The quantitative estimate of drug-likeness (QED) is 0.484. The maximum Gasteiger partial charge on any atom is 0.262 e. The van der Waals surface area contributed by atoms with Gasteiger partial charge in [0.2, 0.25) is 0 Å². The Morgan fingerprint density at radius 1 is 1.00 bits per heavy atom. The standard InChI is InChI=1S/C23H18F2N4O/c1-16-20(14-27-29(16)22-8-3-2-7-21(22)25)23(30)28(15-18-6-4-5-13-26-18)19-11-9-17(24)10-12-19/h2-14H,15H2,1H3. The van der Waals surface area contributed by atoms with Crippen LogP contribution in [0.15, 0.2) is 79.1 Å². The maximum absolute atomic E-state index is 14.2. The number of halogens is 2. The first kappa shape index (κ1) is 19.4. The van der Waals surface area contributed by atoms with Gasteiger partial charge in [-0.15, -0.1) is 0 Å². The first-order valence-corrected chi connectivity index (χ1v) is 9.31. The van der Waals surface area contributed by atoms with Crippen LogP contribution in [0.3, 0.4) is 0 Å². The molecule has 4 aromatic rings. The van der Waals surface area contributed by atoms with E-state index in [1.165, 1.54) is 46.1 Å². The number of amides is 1. The van der Waals surface area contributed by atoms with Crippen molar-refractivity contribution in [2.24, 2.45) is 0 Å². The number of carbonyl (C=O) groups is 1. The number of para-hydroxylation sites is 1. The van der Waals surface area contributed by atoms with Crippen molar-refractivity contribution in [2.45, 2.75) is 13.5 Å². The van der Waals surface area contributed by atoms with Gasteiger partial charge in [-0.3, -0.25) is 9.78 Å². The highest BCUT2D eigenvalue weighted by atomic mass is 19.1. The molecule has 0 aliphatic heterocycles. The molecular weight excluding hydrogens is 386 g/mol. The highest BCUT2D eigenvalue weighted by Gasteiger charge is 2.24. The number of aromatic nitrogens is 3. The molecule has 0 aliphatic carbocycles. The van der Waals surface area contributed by atoms with Crippen LogP contribution in [0.25, 0.3) is 5.69 Å². The number of benzene rings is 2. The molecule has 2 aromatic heterocycles. The Hall–Kier alpha value is -3.87. The van der Waals surface area contributed by atoms with Crippen LogP contribution in [0.1, 0.15) is 21.7 Å². The molecule has 0 N–H and O–H groups in total. The zero-order valence-corrected chi connectivity index (χ0v) is 16.2. The lowest BCUT2D eigenvalue weighted by Gasteiger charge is -2.22. The minimum atomic E-state index is -0.438. The Morgan fingerprint density at radius 3 is 2.43 bits per heavy atom. The Bertz CT molecular complexity index is 1170. The summed E-state index contributed by atoms with van der Waals surface area (Å²) in [6.07, 6.45) is 3.06. The summed E-state index contributed by atoms with van der Waals surface area (Å²) < 4.78 is 29.0. The van der Waals surface area contributed by atoms with Gasteiger partial charge in [-0.2, -0.15) is 5.10 Å². The van der Waals surface area contributed by atoms with Gasteiger partial charge in [0.15, 0.2) is 0 Å². The fourth-order valence-electron chi connectivity index (χ4n) is 3.19. The number of nitrogens with zero attached hydrogens (tertiary/aromatic N) is 4. The van der Waals surface area contributed by atoms with Crippen LogP contribution < -0.4 is 4.90 Å². The van der Waals surface area contributed by atoms with Crippen molar-refractivity contribution in [1.29, 1.82) is 0 Å². The van der Waals surface area contributed by atoms with Crippen LogP contribution in [-0.4, -0.2) is 20.7 Å². The summed E-state index contributed by atoms with van der Waals surface area (Å²) in [6.45, 7) is 1.89. The molecule has 0 unspecified atom stereocenters. The number of rotatable bonds is 5. The second kappa shape index (κ2) is 8.24. The van der Waals surface area contributed by atoms with E-state index in [1.54, 1.807) is 43.5 Å². The third-order valence-corrected chi connectivity index (χ3v) is 4.75.